The van der Waals surface area contributed by atoms with Gasteiger partial charge in [-0.3, -0.25) is 0 Å². The Hall–Kier alpha value is -0.340. The summed E-state index contributed by atoms with van der Waals surface area (Å²) in [6.45, 7) is 0.829. The summed E-state index contributed by atoms with van der Waals surface area (Å²) in [5, 5.41) is 4.46. The van der Waals surface area contributed by atoms with Gasteiger partial charge in [-0.2, -0.15) is 11.3 Å². The molecule has 1 nitrogen and oxygen atoms in total. The van der Waals surface area contributed by atoms with Crippen LogP contribution in [0.1, 0.15) is 31.2 Å². The molecule has 2 rings (SSSR count). The Bertz CT molecular complexity index is 236. The first kappa shape index (κ1) is 8.27. The molecule has 2 N–H and O–H groups in total. The second-order valence-electron chi connectivity index (χ2n) is 3.68. The Balaban J connectivity index is 2.17. The maximum absolute atomic E-state index is 5.63. The van der Waals surface area contributed by atoms with Crippen LogP contribution in [0.2, 0.25) is 0 Å². The molecule has 1 fully saturated rings. The topological polar surface area (TPSA) is 26.0 Å². The van der Waals surface area contributed by atoms with Crippen LogP contribution < -0.4 is 5.73 Å². The zero-order chi connectivity index (χ0) is 8.44. The third-order valence-corrected chi connectivity index (χ3v) is 3.75. The largest absolute Gasteiger partial charge is 0.330 e. The molecule has 1 aliphatic carbocycles. The predicted octanol–water partition coefficient (Wildman–Crippen LogP) is 2.52. The van der Waals surface area contributed by atoms with E-state index in [2.05, 4.69) is 16.8 Å². The molecule has 1 aromatic rings. The van der Waals surface area contributed by atoms with E-state index in [4.69, 9.17) is 5.73 Å². The molecule has 1 heterocycles. The smallest absolute Gasteiger partial charge is 0.00268 e. The zero-order valence-electron chi connectivity index (χ0n) is 7.25. The van der Waals surface area contributed by atoms with Crippen LogP contribution in [0.3, 0.4) is 0 Å². The minimum absolute atomic E-state index is 0.481. The van der Waals surface area contributed by atoms with Crippen LogP contribution in [-0.4, -0.2) is 6.54 Å². The lowest BCUT2D eigenvalue weighted by molar-refractivity contribution is 0.230. The van der Waals surface area contributed by atoms with Gasteiger partial charge in [0.2, 0.25) is 0 Å². The van der Waals surface area contributed by atoms with E-state index < -0.39 is 0 Å². The molecule has 0 radical (unpaired) electrons. The molecule has 66 valence electrons. The highest BCUT2D eigenvalue weighted by atomic mass is 32.1. The SMILES string of the molecule is NCCC1(c2ccsc2)CCC1. The minimum Gasteiger partial charge on any atom is -0.330 e. The maximum atomic E-state index is 5.63. The first-order chi connectivity index (χ1) is 5.87. The summed E-state index contributed by atoms with van der Waals surface area (Å²) in [7, 11) is 0. The molecular weight excluding hydrogens is 166 g/mol. The number of nitrogens with two attached hydrogens (primary N) is 1. The Morgan fingerprint density at radius 1 is 1.50 bits per heavy atom. The summed E-state index contributed by atoms with van der Waals surface area (Å²) < 4.78 is 0. The highest BCUT2D eigenvalue weighted by Gasteiger charge is 2.37. The van der Waals surface area contributed by atoms with Crippen molar-refractivity contribution in [1.82, 2.24) is 0 Å². The van der Waals surface area contributed by atoms with Gasteiger partial charge < -0.3 is 5.73 Å². The van der Waals surface area contributed by atoms with E-state index in [1.54, 1.807) is 11.3 Å². The lowest BCUT2D eigenvalue weighted by atomic mass is 9.63. The van der Waals surface area contributed by atoms with Crippen molar-refractivity contribution in [3.63, 3.8) is 0 Å². The van der Waals surface area contributed by atoms with Gasteiger partial charge in [0.05, 0.1) is 0 Å². The zero-order valence-corrected chi connectivity index (χ0v) is 8.07. The fraction of sp³-hybridized carbons (Fsp3) is 0.600. The van der Waals surface area contributed by atoms with E-state index in [0.717, 1.165) is 6.54 Å². The highest BCUT2D eigenvalue weighted by molar-refractivity contribution is 7.08. The molecule has 1 saturated carbocycles. The summed E-state index contributed by atoms with van der Waals surface area (Å²) in [4.78, 5) is 0. The van der Waals surface area contributed by atoms with Crippen LogP contribution >= 0.6 is 11.3 Å². The van der Waals surface area contributed by atoms with Crippen LogP contribution in [-0.2, 0) is 5.41 Å². The van der Waals surface area contributed by atoms with Gasteiger partial charge in [-0.15, -0.1) is 0 Å². The number of hydrogen-bond acceptors (Lipinski definition) is 2. The van der Waals surface area contributed by atoms with Crippen molar-refractivity contribution < 1.29 is 0 Å². The quantitative estimate of drug-likeness (QED) is 0.762. The Labute approximate surface area is 77.6 Å². The molecule has 2 heteroatoms. The molecule has 1 aliphatic rings. The van der Waals surface area contributed by atoms with E-state index in [1.165, 1.54) is 31.2 Å². The summed E-state index contributed by atoms with van der Waals surface area (Å²) in [6.07, 6.45) is 5.25. The van der Waals surface area contributed by atoms with Gasteiger partial charge in [0.15, 0.2) is 0 Å². The molecule has 0 bridgehead atoms. The summed E-state index contributed by atoms with van der Waals surface area (Å²) >= 11 is 1.80. The lowest BCUT2D eigenvalue weighted by Crippen LogP contribution is -2.35. The van der Waals surface area contributed by atoms with Crippen LogP contribution in [0.15, 0.2) is 16.8 Å². The van der Waals surface area contributed by atoms with Crippen LogP contribution in [0.5, 0.6) is 0 Å². The van der Waals surface area contributed by atoms with E-state index in [0.29, 0.717) is 5.41 Å². The van der Waals surface area contributed by atoms with Crippen molar-refractivity contribution in [1.29, 1.82) is 0 Å². The highest BCUT2D eigenvalue weighted by Crippen LogP contribution is 2.46. The Morgan fingerprint density at radius 2 is 2.33 bits per heavy atom. The van der Waals surface area contributed by atoms with Gasteiger partial charge in [-0.25, -0.2) is 0 Å². The van der Waals surface area contributed by atoms with Gasteiger partial charge in [-0.05, 0) is 53.6 Å². The molecule has 0 atom stereocenters. The van der Waals surface area contributed by atoms with Crippen molar-refractivity contribution in [3.8, 4) is 0 Å². The molecule has 12 heavy (non-hydrogen) atoms. The van der Waals surface area contributed by atoms with Gasteiger partial charge in [0, 0.05) is 0 Å². The van der Waals surface area contributed by atoms with Crippen molar-refractivity contribution >= 4 is 11.3 Å². The molecule has 0 unspecified atom stereocenters. The standard InChI is InChI=1S/C10H15NS/c11-6-5-10(3-1-4-10)9-2-7-12-8-9/h2,7-8H,1,3-6,11H2. The maximum Gasteiger partial charge on any atom is -0.00268 e. The molecule has 0 aliphatic heterocycles. The van der Waals surface area contributed by atoms with E-state index >= 15 is 0 Å². The van der Waals surface area contributed by atoms with Crippen LogP contribution in [0.25, 0.3) is 0 Å². The van der Waals surface area contributed by atoms with Crippen molar-refractivity contribution in [2.75, 3.05) is 6.54 Å². The van der Waals surface area contributed by atoms with E-state index in [-0.39, 0.29) is 0 Å². The fourth-order valence-corrected chi connectivity index (χ4v) is 2.91. The number of thiophene rings is 1. The second-order valence-corrected chi connectivity index (χ2v) is 4.46. The third kappa shape index (κ3) is 1.19. The lowest BCUT2D eigenvalue weighted by Gasteiger charge is -2.41. The Kier molecular flexibility index (Phi) is 2.20. The van der Waals surface area contributed by atoms with Crippen molar-refractivity contribution in [2.45, 2.75) is 31.1 Å². The van der Waals surface area contributed by atoms with Gasteiger partial charge in [0.25, 0.3) is 0 Å². The third-order valence-electron chi connectivity index (χ3n) is 3.07. The molecule has 0 spiro atoms. The number of hydrogen-bond donors (Lipinski definition) is 1. The van der Waals surface area contributed by atoms with Crippen molar-refractivity contribution in [2.24, 2.45) is 5.73 Å². The van der Waals surface area contributed by atoms with Crippen LogP contribution in [0.4, 0.5) is 0 Å². The second kappa shape index (κ2) is 3.19. The van der Waals surface area contributed by atoms with Gasteiger partial charge in [0.1, 0.15) is 0 Å². The minimum atomic E-state index is 0.481. The average molecular weight is 181 g/mol. The fourth-order valence-electron chi connectivity index (χ4n) is 2.13. The molecule has 0 aromatic carbocycles. The summed E-state index contributed by atoms with van der Waals surface area (Å²) in [6, 6.07) is 2.26. The van der Waals surface area contributed by atoms with Crippen molar-refractivity contribution in [3.05, 3.63) is 22.4 Å². The van der Waals surface area contributed by atoms with E-state index in [9.17, 15) is 0 Å². The first-order valence-corrected chi connectivity index (χ1v) is 5.54. The number of rotatable bonds is 3. The monoisotopic (exact) mass is 181 g/mol. The molecular formula is C10H15NS. The molecule has 0 amide bonds. The summed E-state index contributed by atoms with van der Waals surface area (Å²) in [5.41, 5.74) is 7.65. The van der Waals surface area contributed by atoms with Gasteiger partial charge >= 0.3 is 0 Å². The predicted molar refractivity (Wildman–Crippen MR) is 53.5 cm³/mol. The van der Waals surface area contributed by atoms with E-state index in [1.807, 2.05) is 0 Å². The molecule has 0 saturated heterocycles. The van der Waals surface area contributed by atoms with Gasteiger partial charge in [-0.1, -0.05) is 6.42 Å². The molecule has 1 aromatic heterocycles. The van der Waals surface area contributed by atoms with Crippen LogP contribution in [0, 0.1) is 0 Å². The summed E-state index contributed by atoms with van der Waals surface area (Å²) in [5.74, 6) is 0. The average Bonchev–Trinajstić information content (AvgIpc) is 2.48. The Morgan fingerprint density at radius 3 is 2.75 bits per heavy atom. The first-order valence-electron chi connectivity index (χ1n) is 4.60. The normalized spacial score (nSPS) is 20.4.